The molecule has 1 saturated heterocycles. The van der Waals surface area contributed by atoms with Crippen LogP contribution in [0.5, 0.6) is 0 Å². The third kappa shape index (κ3) is 32.5. The van der Waals surface area contributed by atoms with Crippen LogP contribution in [0.15, 0.2) is 54.7 Å². The SMILES string of the molecule is CCCCCCCCCC(=O)N[C@@H](Cc1c[nH]c2ccccc12)C(=O)N[C@H](CC(N)=O)C(=O)N[C@@H](CC(=O)O)C(=O)N[C@@H]1C(=O)NCC(=O)N[C@@H](CCCN)C(=O)N[C@@H](CC(=O)O)C(=O)N[C@H](C)C(=O)N[C@@H](CC(=O)O)C(=O)NCC(=O)N[C@H](CO)C(=O)N[C@@H](C(C)CC(=O)O)C(=O)N[C@@H](CC(=O)c2ccccc2N)C(=O)O[C@@H]1C. The Bertz CT molecular complexity index is 4040. The van der Waals surface area contributed by atoms with Crippen LogP contribution in [-0.2, 0) is 102 Å². The molecule has 43 heteroatoms. The number of ether oxygens (including phenoxy) is 1. The van der Waals surface area contributed by atoms with Gasteiger partial charge in [0.25, 0.3) is 0 Å². The van der Waals surface area contributed by atoms with E-state index in [1.54, 1.807) is 30.5 Å². The van der Waals surface area contributed by atoms with Gasteiger partial charge in [0.15, 0.2) is 5.78 Å². The molecule has 0 bridgehead atoms. The lowest BCUT2D eigenvalue weighted by Crippen LogP contribution is -2.62. The number of hydrogen-bond donors (Lipinski definition) is 22. The van der Waals surface area contributed by atoms with E-state index >= 15 is 0 Å². The van der Waals surface area contributed by atoms with Crippen molar-refractivity contribution >= 4 is 135 Å². The molecule has 2 aromatic carbocycles. The smallest absolute Gasteiger partial charge is 0.329 e. The van der Waals surface area contributed by atoms with E-state index in [1.165, 1.54) is 24.3 Å². The van der Waals surface area contributed by atoms with Crippen LogP contribution in [0.2, 0.25) is 0 Å². The maximum absolute atomic E-state index is 14.8. The summed E-state index contributed by atoms with van der Waals surface area (Å²) in [4.78, 5) is 276. The van der Waals surface area contributed by atoms with Crippen molar-refractivity contribution in [1.29, 1.82) is 0 Å². The minimum atomic E-state index is -2.45. The van der Waals surface area contributed by atoms with Crippen LogP contribution >= 0.6 is 0 Å². The summed E-state index contributed by atoms with van der Waals surface area (Å²) in [5.41, 5.74) is 18.1. The van der Waals surface area contributed by atoms with Gasteiger partial charge in [0, 0.05) is 47.6 Å². The molecular weight excluding hydrogens is 1520 g/mol. The third-order valence-corrected chi connectivity index (χ3v) is 17.9. The Labute approximate surface area is 657 Å². The fraction of sp³-hybridized carbons (Fsp3) is 0.528. The summed E-state index contributed by atoms with van der Waals surface area (Å²) in [5.74, 6) is -29.7. The number of fused-ring (bicyclic) bond motifs is 1. The van der Waals surface area contributed by atoms with E-state index in [4.69, 9.17) is 21.9 Å². The molecule has 4 rings (SSSR count). The normalized spacial score (nSPS) is 21.2. The minimum Gasteiger partial charge on any atom is -0.481 e. The van der Waals surface area contributed by atoms with Crippen LogP contribution in [0.25, 0.3) is 10.9 Å². The van der Waals surface area contributed by atoms with Gasteiger partial charge in [-0.25, -0.2) is 4.79 Å². The third-order valence-electron chi connectivity index (χ3n) is 17.9. The molecule has 0 aliphatic carbocycles. The molecule has 25 N–H and O–H groups in total. The maximum atomic E-state index is 14.8. The van der Waals surface area contributed by atoms with Gasteiger partial charge in [0.1, 0.15) is 72.6 Å². The first kappa shape index (κ1) is 94.7. The van der Waals surface area contributed by atoms with Gasteiger partial charge in [-0.2, -0.15) is 0 Å². The van der Waals surface area contributed by atoms with E-state index < -0.39 is 261 Å². The number of amides is 14. The molecule has 2 heterocycles. The number of carbonyl (C=O) groups excluding carboxylic acids is 16. The number of para-hydroxylation sites is 2. The highest BCUT2D eigenvalue weighted by Crippen LogP contribution is 2.22. The number of nitrogens with two attached hydrogens (primary N) is 3. The average Bonchev–Trinajstić information content (AvgIpc) is 1.72. The van der Waals surface area contributed by atoms with Gasteiger partial charge in [0.2, 0.25) is 82.7 Å². The van der Waals surface area contributed by atoms with Gasteiger partial charge in [-0.15, -0.1) is 0 Å². The molecule has 43 nitrogen and oxygen atoms in total. The summed E-state index contributed by atoms with van der Waals surface area (Å²) in [6.45, 7) is 1.11. The Morgan fingerprint density at radius 3 is 1.69 bits per heavy atom. The highest BCUT2D eigenvalue weighted by molar-refractivity contribution is 6.05. The van der Waals surface area contributed by atoms with Crippen molar-refractivity contribution in [1.82, 2.24) is 74.1 Å². The predicted molar refractivity (Wildman–Crippen MR) is 400 cm³/mol. The van der Waals surface area contributed by atoms with Crippen molar-refractivity contribution in [3.8, 4) is 0 Å². The van der Waals surface area contributed by atoms with Crippen LogP contribution in [0.1, 0.15) is 146 Å². The first-order chi connectivity index (χ1) is 54.4. The van der Waals surface area contributed by atoms with Crippen LogP contribution in [0, 0.1) is 5.92 Å². The van der Waals surface area contributed by atoms with Gasteiger partial charge in [-0.3, -0.25) is 91.1 Å². The number of carboxylic acids is 4. The van der Waals surface area contributed by atoms with E-state index in [0.29, 0.717) is 29.3 Å². The number of carbonyl (C=O) groups is 20. The molecular formula is C72H101N17O26. The number of hydrogen-bond acceptors (Lipinski definition) is 24. The van der Waals surface area contributed by atoms with Crippen LogP contribution in [0.4, 0.5) is 5.69 Å². The summed E-state index contributed by atoms with van der Waals surface area (Å²) < 4.78 is 5.68. The topological polar surface area (TPSA) is 702 Å². The number of ketones is 1. The summed E-state index contributed by atoms with van der Waals surface area (Å²) in [5, 5.41) is 78.7. The molecule has 1 fully saturated rings. The molecule has 13 atom stereocenters. The lowest BCUT2D eigenvalue weighted by Gasteiger charge is -2.30. The summed E-state index contributed by atoms with van der Waals surface area (Å²) >= 11 is 0. The second-order valence-corrected chi connectivity index (χ2v) is 27.2. The standard InChI is InChI=1S/C72H101N17O26/c1-5-6-7-8-9-10-11-22-53(93)81-44(25-38-31-76-42-20-15-13-17-39(38)42)66(108)84-45(27-52(75)92)67(109)86-48(30-59(102)103)68(110)89-61-37(4)115-72(114)49(26-51(91)40-18-12-14-19-41(40)74)87-71(113)60(35(2)24-56(96)97)88-69(111)50(34-90)82-55(95)32-77-63(105)46(28-57(98)99)83-62(104)36(3)79-65(107)47(29-58(100)101)85-64(106)43(21-16-23-73)80-54(94)33-78-70(61)112/h12-15,17-20,31,35-37,43-50,60-61,76,90H,5-11,16,21-30,32-34,73-74H2,1-4H3,(H2,75,92)(H,77,105)(H,78,112)(H,79,107)(H,80,94)(H,81,93)(H,82,95)(H,83,104)(H,84,108)(H,85,106)(H,86,109)(H,87,113)(H,88,111)(H,89,110)(H,96,97)(H,98,99)(H,100,101)(H,102,103)/t35?,36-,37-,43+,44+,45-,46+,47+,48+,49+,50-,60+,61+/m1/s1. The number of nitrogen functional groups attached to an aromatic ring is 1. The number of aliphatic carboxylic acids is 4. The number of unbranched alkanes of at least 4 members (excludes halogenated alkanes) is 6. The maximum Gasteiger partial charge on any atom is 0.329 e. The Morgan fingerprint density at radius 1 is 0.548 bits per heavy atom. The zero-order valence-corrected chi connectivity index (χ0v) is 63.6. The molecule has 1 aliphatic rings. The van der Waals surface area contributed by atoms with E-state index in [9.17, 15) is 121 Å². The number of carboxylic acid groups (broad SMARTS) is 4. The van der Waals surface area contributed by atoms with Crippen molar-refractivity contribution in [3.63, 3.8) is 0 Å². The van der Waals surface area contributed by atoms with Crippen LogP contribution < -0.4 is 86.3 Å². The van der Waals surface area contributed by atoms with Crippen molar-refractivity contribution in [3.05, 3.63) is 65.9 Å². The Kier molecular flexibility index (Phi) is 39.2. The van der Waals surface area contributed by atoms with E-state index in [1.807, 2.05) is 16.0 Å². The quantitative estimate of drug-likeness (QED) is 0.0113. The highest BCUT2D eigenvalue weighted by Gasteiger charge is 2.41. The number of aromatic nitrogens is 1. The number of primary amides is 1. The molecule has 630 valence electrons. The number of nitrogens with one attached hydrogen (secondary N) is 14. The van der Waals surface area contributed by atoms with Crippen molar-refractivity contribution in [2.45, 2.75) is 209 Å². The number of H-pyrrole nitrogens is 1. The summed E-state index contributed by atoms with van der Waals surface area (Å²) in [6, 6.07) is -10.5. The molecule has 3 aromatic rings. The fourth-order valence-electron chi connectivity index (χ4n) is 11.7. The number of aliphatic hydroxyl groups is 1. The van der Waals surface area contributed by atoms with Gasteiger partial charge in [-0.1, -0.05) is 82.7 Å². The molecule has 14 amide bonds. The molecule has 115 heavy (non-hydrogen) atoms. The molecule has 0 spiro atoms. The molecule has 1 aliphatic heterocycles. The van der Waals surface area contributed by atoms with Gasteiger partial charge in [0.05, 0.1) is 51.8 Å². The number of esters is 1. The second-order valence-electron chi connectivity index (χ2n) is 27.2. The number of benzene rings is 2. The van der Waals surface area contributed by atoms with Gasteiger partial charge < -0.3 is 122 Å². The lowest BCUT2D eigenvalue weighted by atomic mass is 9.96. The molecule has 0 radical (unpaired) electrons. The summed E-state index contributed by atoms with van der Waals surface area (Å²) in [6.07, 6.45) is -2.33. The van der Waals surface area contributed by atoms with Gasteiger partial charge >= 0.3 is 29.8 Å². The number of aromatic amines is 1. The number of anilines is 1. The largest absolute Gasteiger partial charge is 0.481 e. The van der Waals surface area contributed by atoms with Crippen LogP contribution in [0.3, 0.4) is 0 Å². The van der Waals surface area contributed by atoms with E-state index in [2.05, 4.69) is 65.1 Å². The van der Waals surface area contributed by atoms with Gasteiger partial charge in [-0.05, 0) is 69.3 Å². The first-order valence-corrected chi connectivity index (χ1v) is 36.8. The zero-order valence-electron chi connectivity index (χ0n) is 63.6. The molecule has 0 saturated carbocycles. The summed E-state index contributed by atoms with van der Waals surface area (Å²) in [7, 11) is 0. The minimum absolute atomic E-state index is 0.0186. The average molecular weight is 1620 g/mol. The molecule has 1 unspecified atom stereocenters. The Balaban J connectivity index is 1.87. The zero-order chi connectivity index (χ0) is 85.8. The number of aliphatic hydroxyl groups excluding tert-OH is 1. The predicted octanol–water partition coefficient (Wildman–Crippen LogP) is -5.62. The highest BCUT2D eigenvalue weighted by atomic mass is 16.5. The van der Waals surface area contributed by atoms with Crippen molar-refractivity contribution < 1.29 is 126 Å². The fourth-order valence-corrected chi connectivity index (χ4v) is 11.7. The lowest BCUT2D eigenvalue weighted by molar-refractivity contribution is -0.156. The van der Waals surface area contributed by atoms with Crippen molar-refractivity contribution in [2.75, 3.05) is 32.0 Å². The van der Waals surface area contributed by atoms with E-state index in [0.717, 1.165) is 52.9 Å². The molecule has 1 aromatic heterocycles. The number of cyclic esters (lactones) is 1. The Morgan fingerprint density at radius 2 is 1.09 bits per heavy atom. The number of Topliss-reactive ketones (excluding diaryl/α,β-unsaturated/α-hetero) is 1. The van der Waals surface area contributed by atoms with Crippen molar-refractivity contribution in [2.24, 2.45) is 17.4 Å². The number of rotatable bonds is 35. The van der Waals surface area contributed by atoms with E-state index in [-0.39, 0.29) is 37.1 Å². The monoisotopic (exact) mass is 1620 g/mol. The second kappa shape index (κ2) is 47.6. The first-order valence-electron chi connectivity index (χ1n) is 36.8. The van der Waals surface area contributed by atoms with Crippen LogP contribution in [-0.4, -0.2) is 248 Å². The Hall–Kier alpha value is -12.7.